The van der Waals surface area contributed by atoms with Crippen LogP contribution in [-0.4, -0.2) is 23.4 Å². The zero-order valence-corrected chi connectivity index (χ0v) is 9.24. The minimum absolute atomic E-state index is 0.0128. The van der Waals surface area contributed by atoms with Crippen molar-refractivity contribution in [3.8, 4) is 0 Å². The topological polar surface area (TPSA) is 46.3 Å². The van der Waals surface area contributed by atoms with E-state index in [4.69, 9.17) is 17.3 Å². The molecule has 0 spiro atoms. The predicted octanol–water partition coefficient (Wildman–Crippen LogP) is 1.57. The Morgan fingerprint density at radius 2 is 2.27 bits per heavy atom. The highest BCUT2D eigenvalue weighted by Gasteiger charge is 2.44. The maximum Gasteiger partial charge on any atom is 0.242 e. The van der Waals surface area contributed by atoms with Gasteiger partial charge in [-0.1, -0.05) is 23.7 Å². The number of rotatable bonds is 2. The van der Waals surface area contributed by atoms with Crippen molar-refractivity contribution in [2.24, 2.45) is 5.73 Å². The van der Waals surface area contributed by atoms with E-state index < -0.39 is 6.04 Å². The molecule has 4 heteroatoms. The molecule has 1 heterocycles. The molecule has 1 aliphatic heterocycles. The van der Waals surface area contributed by atoms with Gasteiger partial charge in [-0.25, -0.2) is 0 Å². The molecule has 0 aliphatic carbocycles. The minimum atomic E-state index is -0.414. The molecule has 0 radical (unpaired) electrons. The lowest BCUT2D eigenvalue weighted by Gasteiger charge is -2.45. The fourth-order valence-electron chi connectivity index (χ4n) is 2.01. The van der Waals surface area contributed by atoms with E-state index in [2.05, 4.69) is 0 Å². The van der Waals surface area contributed by atoms with Gasteiger partial charge in [-0.3, -0.25) is 4.79 Å². The van der Waals surface area contributed by atoms with Gasteiger partial charge in [0.05, 0.1) is 6.04 Å². The van der Waals surface area contributed by atoms with Crippen LogP contribution in [0.2, 0.25) is 5.02 Å². The van der Waals surface area contributed by atoms with Gasteiger partial charge in [0.2, 0.25) is 5.91 Å². The van der Waals surface area contributed by atoms with Crippen LogP contribution in [0.4, 0.5) is 0 Å². The summed E-state index contributed by atoms with van der Waals surface area (Å²) in [5.41, 5.74) is 6.79. The molecule has 1 saturated heterocycles. The molecule has 80 valence electrons. The Labute approximate surface area is 93.8 Å². The van der Waals surface area contributed by atoms with Gasteiger partial charge in [-0.05, 0) is 24.6 Å². The van der Waals surface area contributed by atoms with Gasteiger partial charge in [-0.2, -0.15) is 0 Å². The van der Waals surface area contributed by atoms with E-state index in [0.717, 1.165) is 5.56 Å². The second-order valence-corrected chi connectivity index (χ2v) is 4.09. The summed E-state index contributed by atoms with van der Waals surface area (Å²) in [5.74, 6) is 0.0162. The highest BCUT2D eigenvalue weighted by Crippen LogP contribution is 2.33. The average molecular weight is 225 g/mol. The van der Waals surface area contributed by atoms with Gasteiger partial charge < -0.3 is 10.6 Å². The Bertz CT molecular complexity index is 394. The summed E-state index contributed by atoms with van der Waals surface area (Å²) in [6.07, 6.45) is 0. The molecule has 1 aromatic carbocycles. The molecule has 15 heavy (non-hydrogen) atoms. The third-order valence-electron chi connectivity index (χ3n) is 2.78. The maximum absolute atomic E-state index is 11.4. The Kier molecular flexibility index (Phi) is 2.67. The molecule has 2 atom stereocenters. The average Bonchev–Trinajstić information content (AvgIpc) is 2.24. The van der Waals surface area contributed by atoms with Crippen molar-refractivity contribution in [3.63, 3.8) is 0 Å². The van der Waals surface area contributed by atoms with Crippen LogP contribution in [0.15, 0.2) is 24.3 Å². The van der Waals surface area contributed by atoms with Crippen molar-refractivity contribution < 1.29 is 4.79 Å². The van der Waals surface area contributed by atoms with Crippen molar-refractivity contribution in [2.45, 2.75) is 19.0 Å². The number of carbonyl (C=O) groups excluding carboxylic acids is 1. The summed E-state index contributed by atoms with van der Waals surface area (Å²) < 4.78 is 0. The molecule has 1 fully saturated rings. The summed E-state index contributed by atoms with van der Waals surface area (Å²) in [7, 11) is 0. The molecule has 3 nitrogen and oxygen atoms in total. The summed E-state index contributed by atoms with van der Waals surface area (Å²) >= 11 is 5.90. The standard InChI is InChI=1S/C11H13ClN2O/c1-2-14-10(9(13)11(14)15)7-4-3-5-8(12)6-7/h3-6,9-10H,2,13H2,1H3/t9-,10-/m1/s1. The number of β-lactam (4-membered cyclic amide) rings is 1. The van der Waals surface area contributed by atoms with Gasteiger partial charge in [-0.15, -0.1) is 0 Å². The van der Waals surface area contributed by atoms with E-state index in [1.54, 1.807) is 4.90 Å². The molecule has 1 aromatic rings. The number of nitrogens with zero attached hydrogens (tertiary/aromatic N) is 1. The van der Waals surface area contributed by atoms with Gasteiger partial charge >= 0.3 is 0 Å². The molecule has 2 N–H and O–H groups in total. The molecular formula is C11H13ClN2O. The van der Waals surface area contributed by atoms with Gasteiger partial charge in [0.1, 0.15) is 6.04 Å². The van der Waals surface area contributed by atoms with E-state index >= 15 is 0 Å². The first kappa shape index (κ1) is 10.5. The second kappa shape index (κ2) is 3.83. The lowest BCUT2D eigenvalue weighted by Crippen LogP contribution is -2.62. The lowest BCUT2D eigenvalue weighted by atomic mass is 9.89. The number of likely N-dealkylation sites (N-methyl/N-ethyl adjacent to an activating group) is 1. The van der Waals surface area contributed by atoms with E-state index in [9.17, 15) is 4.79 Å². The van der Waals surface area contributed by atoms with Crippen molar-refractivity contribution in [2.75, 3.05) is 6.54 Å². The van der Waals surface area contributed by atoms with Crippen molar-refractivity contribution in [3.05, 3.63) is 34.9 Å². The highest BCUT2D eigenvalue weighted by molar-refractivity contribution is 6.30. The van der Waals surface area contributed by atoms with Crippen LogP contribution < -0.4 is 5.73 Å². The van der Waals surface area contributed by atoms with Crippen LogP contribution in [0.1, 0.15) is 18.5 Å². The quantitative estimate of drug-likeness (QED) is 0.776. The van der Waals surface area contributed by atoms with E-state index in [1.165, 1.54) is 0 Å². The van der Waals surface area contributed by atoms with Crippen LogP contribution in [0.3, 0.4) is 0 Å². The number of amides is 1. The normalized spacial score (nSPS) is 25.3. The van der Waals surface area contributed by atoms with Gasteiger partial charge in [0.15, 0.2) is 0 Å². The molecule has 1 amide bonds. The number of halogens is 1. The number of nitrogens with two attached hydrogens (primary N) is 1. The first-order chi connectivity index (χ1) is 7.15. The molecular weight excluding hydrogens is 212 g/mol. The number of benzene rings is 1. The fourth-order valence-corrected chi connectivity index (χ4v) is 2.20. The minimum Gasteiger partial charge on any atom is -0.332 e. The highest BCUT2D eigenvalue weighted by atomic mass is 35.5. The Balaban J connectivity index is 2.28. The molecule has 1 aliphatic rings. The zero-order chi connectivity index (χ0) is 11.0. The van der Waals surface area contributed by atoms with Crippen molar-refractivity contribution in [1.82, 2.24) is 4.90 Å². The first-order valence-corrected chi connectivity index (χ1v) is 5.34. The van der Waals surface area contributed by atoms with Crippen LogP contribution in [0.25, 0.3) is 0 Å². The number of hydrogen-bond donors (Lipinski definition) is 1. The van der Waals surface area contributed by atoms with Crippen molar-refractivity contribution >= 4 is 17.5 Å². The van der Waals surface area contributed by atoms with Crippen LogP contribution in [0, 0.1) is 0 Å². The van der Waals surface area contributed by atoms with Crippen molar-refractivity contribution in [1.29, 1.82) is 0 Å². The first-order valence-electron chi connectivity index (χ1n) is 4.96. The fraction of sp³-hybridized carbons (Fsp3) is 0.364. The monoisotopic (exact) mass is 224 g/mol. The Morgan fingerprint density at radius 3 is 2.87 bits per heavy atom. The molecule has 2 rings (SSSR count). The molecule has 0 unspecified atom stereocenters. The summed E-state index contributed by atoms with van der Waals surface area (Å²) in [5, 5.41) is 0.676. The molecule has 0 saturated carbocycles. The van der Waals surface area contributed by atoms with Gasteiger partial charge in [0, 0.05) is 11.6 Å². The SMILES string of the molecule is CCN1C(=O)[C@H](N)[C@H]1c1cccc(Cl)c1. The smallest absolute Gasteiger partial charge is 0.242 e. The predicted molar refractivity (Wildman–Crippen MR) is 59.6 cm³/mol. The number of hydrogen-bond acceptors (Lipinski definition) is 2. The second-order valence-electron chi connectivity index (χ2n) is 3.65. The molecule has 0 aromatic heterocycles. The molecule has 0 bridgehead atoms. The van der Waals surface area contributed by atoms with E-state index in [-0.39, 0.29) is 11.9 Å². The zero-order valence-electron chi connectivity index (χ0n) is 8.48. The lowest BCUT2D eigenvalue weighted by molar-refractivity contribution is -0.149. The van der Waals surface area contributed by atoms with E-state index in [1.807, 2.05) is 31.2 Å². The van der Waals surface area contributed by atoms with Gasteiger partial charge in [0.25, 0.3) is 0 Å². The van der Waals surface area contributed by atoms with Crippen LogP contribution >= 0.6 is 11.6 Å². The van der Waals surface area contributed by atoms with E-state index in [0.29, 0.717) is 11.6 Å². The summed E-state index contributed by atoms with van der Waals surface area (Å²) in [6.45, 7) is 2.63. The summed E-state index contributed by atoms with van der Waals surface area (Å²) in [6, 6.07) is 7.07. The summed E-state index contributed by atoms with van der Waals surface area (Å²) in [4.78, 5) is 13.2. The maximum atomic E-state index is 11.4. The number of likely N-dealkylation sites (tertiary alicyclic amines) is 1. The third-order valence-corrected chi connectivity index (χ3v) is 3.01. The third kappa shape index (κ3) is 1.62. The number of carbonyl (C=O) groups is 1. The Hall–Kier alpha value is -1.06. The largest absolute Gasteiger partial charge is 0.332 e. The van der Waals surface area contributed by atoms with Crippen LogP contribution in [0.5, 0.6) is 0 Å². The van der Waals surface area contributed by atoms with Crippen LogP contribution in [-0.2, 0) is 4.79 Å². The Morgan fingerprint density at radius 1 is 1.53 bits per heavy atom.